The number of hydrogen-bond donors (Lipinski definition) is 0. The van der Waals surface area contributed by atoms with E-state index in [0.717, 1.165) is 12.8 Å². The van der Waals surface area contributed by atoms with Gasteiger partial charge in [-0.15, -0.1) is 10.2 Å². The molecule has 3 rings (SSSR count). The molecule has 3 heterocycles. The van der Waals surface area contributed by atoms with Crippen LogP contribution in [0.25, 0.3) is 0 Å². The van der Waals surface area contributed by atoms with Crippen LogP contribution >= 0.6 is 11.3 Å². The van der Waals surface area contributed by atoms with Crippen LogP contribution < -0.4 is 10.3 Å². The molecule has 0 spiro atoms. The number of hydrogen-bond acceptors (Lipinski definition) is 6. The summed E-state index contributed by atoms with van der Waals surface area (Å²) >= 11 is 1.36. The Bertz CT molecular complexity index is 705. The van der Waals surface area contributed by atoms with E-state index in [1.54, 1.807) is 35.8 Å². The van der Waals surface area contributed by atoms with Gasteiger partial charge in [-0.2, -0.15) is 0 Å². The first-order valence-corrected chi connectivity index (χ1v) is 7.91. The predicted molar refractivity (Wildman–Crippen MR) is 81.1 cm³/mol. The molecule has 22 heavy (non-hydrogen) atoms. The van der Waals surface area contributed by atoms with Crippen LogP contribution in [-0.4, -0.2) is 44.8 Å². The molecule has 0 aromatic carbocycles. The smallest absolute Gasteiger partial charge is 0.294 e. The van der Waals surface area contributed by atoms with E-state index in [-0.39, 0.29) is 23.1 Å². The second-order valence-electron chi connectivity index (χ2n) is 5.15. The highest BCUT2D eigenvalue weighted by atomic mass is 32.1. The zero-order valence-electron chi connectivity index (χ0n) is 12.1. The summed E-state index contributed by atoms with van der Waals surface area (Å²) in [4.78, 5) is 26.2. The highest BCUT2D eigenvalue weighted by Gasteiger charge is 2.26. The lowest BCUT2D eigenvalue weighted by Crippen LogP contribution is -2.43. The third kappa shape index (κ3) is 3.01. The van der Waals surface area contributed by atoms with Crippen molar-refractivity contribution in [3.05, 3.63) is 39.8 Å². The van der Waals surface area contributed by atoms with E-state index in [1.807, 2.05) is 0 Å². The number of amides is 1. The van der Waals surface area contributed by atoms with E-state index in [0.29, 0.717) is 18.3 Å². The monoisotopic (exact) mass is 320 g/mol. The average molecular weight is 320 g/mol. The summed E-state index contributed by atoms with van der Waals surface area (Å²) < 4.78 is 7.13. The van der Waals surface area contributed by atoms with E-state index in [9.17, 15) is 9.59 Å². The lowest BCUT2D eigenvalue weighted by atomic mass is 10.1. The van der Waals surface area contributed by atoms with Crippen LogP contribution in [0.15, 0.2) is 28.6 Å². The molecule has 1 aliphatic rings. The Balaban J connectivity index is 1.62. The summed E-state index contributed by atoms with van der Waals surface area (Å²) in [5.41, 5.74) is 1.58. The van der Waals surface area contributed by atoms with Crippen molar-refractivity contribution in [2.45, 2.75) is 18.9 Å². The topological polar surface area (TPSA) is 77.3 Å². The number of rotatable bonds is 3. The van der Waals surface area contributed by atoms with E-state index >= 15 is 0 Å². The van der Waals surface area contributed by atoms with Gasteiger partial charge < -0.3 is 14.2 Å². The summed E-state index contributed by atoms with van der Waals surface area (Å²) in [7, 11) is 1.64. The van der Waals surface area contributed by atoms with Gasteiger partial charge in [0.15, 0.2) is 0 Å². The molecule has 2 aromatic heterocycles. The Morgan fingerprint density at radius 1 is 1.41 bits per heavy atom. The summed E-state index contributed by atoms with van der Waals surface area (Å²) in [6.07, 6.45) is 3.12. The third-order valence-corrected chi connectivity index (χ3v) is 4.27. The number of aromatic nitrogens is 3. The van der Waals surface area contributed by atoms with Gasteiger partial charge in [0.05, 0.1) is 0 Å². The quantitative estimate of drug-likeness (QED) is 0.840. The molecule has 1 aliphatic heterocycles. The van der Waals surface area contributed by atoms with Crippen molar-refractivity contribution < 1.29 is 9.53 Å². The number of likely N-dealkylation sites (tertiary alicyclic amines) is 1. The molecule has 1 fully saturated rings. The minimum atomic E-state index is -0.264. The minimum absolute atomic E-state index is 0.0376. The number of aryl methyl sites for hydroxylation is 1. The Kier molecular flexibility index (Phi) is 4.19. The maximum Gasteiger partial charge on any atom is 0.294 e. The summed E-state index contributed by atoms with van der Waals surface area (Å²) in [5, 5.41) is 8.14. The van der Waals surface area contributed by atoms with Crippen molar-refractivity contribution in [2.75, 3.05) is 13.1 Å². The molecule has 1 saturated heterocycles. The minimum Gasteiger partial charge on any atom is -0.465 e. The lowest BCUT2D eigenvalue weighted by molar-refractivity contribution is 0.0592. The van der Waals surface area contributed by atoms with Gasteiger partial charge in [-0.3, -0.25) is 9.59 Å². The number of carbonyl (C=O) groups excluding carboxylic acids is 1. The molecule has 2 aromatic rings. The molecule has 1 amide bonds. The molecule has 0 aliphatic carbocycles. The molecule has 116 valence electrons. The fourth-order valence-electron chi connectivity index (χ4n) is 2.46. The van der Waals surface area contributed by atoms with Crippen LogP contribution in [0.4, 0.5) is 0 Å². The van der Waals surface area contributed by atoms with Crippen LogP contribution in [0.5, 0.6) is 5.19 Å². The van der Waals surface area contributed by atoms with E-state index in [4.69, 9.17) is 4.74 Å². The number of piperidine rings is 1. The van der Waals surface area contributed by atoms with Crippen molar-refractivity contribution in [3.8, 4) is 5.19 Å². The Hall–Kier alpha value is -2.22. The number of nitrogens with zero attached hydrogens (tertiary/aromatic N) is 4. The highest BCUT2D eigenvalue weighted by molar-refractivity contribution is 7.11. The van der Waals surface area contributed by atoms with Crippen molar-refractivity contribution in [3.63, 3.8) is 0 Å². The van der Waals surface area contributed by atoms with Crippen LogP contribution in [0, 0.1) is 0 Å². The van der Waals surface area contributed by atoms with E-state index in [2.05, 4.69) is 10.2 Å². The first kappa shape index (κ1) is 14.7. The summed E-state index contributed by atoms with van der Waals surface area (Å²) in [6.45, 7) is 1.14. The molecule has 0 saturated carbocycles. The second-order valence-corrected chi connectivity index (χ2v) is 5.95. The number of pyridine rings is 1. The van der Waals surface area contributed by atoms with Gasteiger partial charge in [-0.25, -0.2) is 0 Å². The Labute approximate surface area is 131 Å². The van der Waals surface area contributed by atoms with Crippen LogP contribution in [-0.2, 0) is 7.05 Å². The zero-order valence-corrected chi connectivity index (χ0v) is 13.0. The maximum absolute atomic E-state index is 12.4. The van der Waals surface area contributed by atoms with Crippen LogP contribution in [0.1, 0.15) is 23.2 Å². The predicted octanol–water partition coefficient (Wildman–Crippen LogP) is 0.920. The normalized spacial score (nSPS) is 15.8. The molecule has 0 radical (unpaired) electrons. The standard InChI is InChI=1S/C14H16N4O3S/c1-17-6-2-3-11(12(17)19)13(20)18-7-4-10(5-8-18)21-14-16-15-9-22-14/h2-3,6,9-10H,4-5,7-8H2,1H3. The average Bonchev–Trinajstić information content (AvgIpc) is 3.03. The van der Waals surface area contributed by atoms with Crippen molar-refractivity contribution in [2.24, 2.45) is 7.05 Å². The third-order valence-electron chi connectivity index (χ3n) is 3.69. The van der Waals surface area contributed by atoms with Gasteiger partial charge in [-0.1, -0.05) is 11.3 Å². The van der Waals surface area contributed by atoms with Gasteiger partial charge in [0.1, 0.15) is 17.2 Å². The molecule has 0 unspecified atom stereocenters. The molecule has 7 nitrogen and oxygen atoms in total. The fourth-order valence-corrected chi connectivity index (χ4v) is 2.93. The molecule has 0 atom stereocenters. The lowest BCUT2D eigenvalue weighted by Gasteiger charge is -2.31. The van der Waals surface area contributed by atoms with Gasteiger partial charge in [-0.05, 0) is 12.1 Å². The van der Waals surface area contributed by atoms with Crippen molar-refractivity contribution in [1.82, 2.24) is 19.7 Å². The summed E-state index contributed by atoms with van der Waals surface area (Å²) in [5.74, 6) is -0.212. The number of carbonyl (C=O) groups is 1. The zero-order chi connectivity index (χ0) is 15.5. The first-order valence-electron chi connectivity index (χ1n) is 7.03. The maximum atomic E-state index is 12.4. The van der Waals surface area contributed by atoms with Crippen molar-refractivity contribution >= 4 is 17.2 Å². The van der Waals surface area contributed by atoms with Gasteiger partial charge in [0.25, 0.3) is 16.7 Å². The Morgan fingerprint density at radius 2 is 2.18 bits per heavy atom. The van der Waals surface area contributed by atoms with Gasteiger partial charge >= 0.3 is 0 Å². The van der Waals surface area contributed by atoms with Gasteiger partial charge in [0, 0.05) is 39.2 Å². The largest absolute Gasteiger partial charge is 0.465 e. The molecule has 0 bridgehead atoms. The van der Waals surface area contributed by atoms with Crippen molar-refractivity contribution in [1.29, 1.82) is 0 Å². The summed E-state index contributed by atoms with van der Waals surface area (Å²) in [6, 6.07) is 3.29. The molecule has 0 N–H and O–H groups in total. The first-order chi connectivity index (χ1) is 10.6. The van der Waals surface area contributed by atoms with E-state index in [1.165, 1.54) is 15.9 Å². The second kappa shape index (κ2) is 6.27. The molecular formula is C14H16N4O3S. The van der Waals surface area contributed by atoms with E-state index < -0.39 is 0 Å². The fraction of sp³-hybridized carbons (Fsp3) is 0.429. The highest BCUT2D eigenvalue weighted by Crippen LogP contribution is 2.20. The SMILES string of the molecule is Cn1cccc(C(=O)N2CCC(Oc3nncs3)CC2)c1=O. The molecule has 8 heteroatoms. The number of ether oxygens (including phenoxy) is 1. The Morgan fingerprint density at radius 3 is 2.86 bits per heavy atom. The van der Waals surface area contributed by atoms with Crippen LogP contribution in [0.3, 0.4) is 0 Å². The molecular weight excluding hydrogens is 304 g/mol. The van der Waals surface area contributed by atoms with Gasteiger partial charge in [0.2, 0.25) is 0 Å². The van der Waals surface area contributed by atoms with Crippen LogP contribution in [0.2, 0.25) is 0 Å².